The Kier molecular flexibility index (Phi) is 3.05. The molecule has 1 heterocycles. The lowest BCUT2D eigenvalue weighted by atomic mass is 10.2. The minimum atomic E-state index is -0.607. The van der Waals surface area contributed by atoms with Crippen LogP contribution in [0.3, 0.4) is 0 Å². The van der Waals surface area contributed by atoms with E-state index in [0.717, 1.165) is 11.0 Å². The van der Waals surface area contributed by atoms with Crippen LogP contribution in [0, 0.1) is 0 Å². The summed E-state index contributed by atoms with van der Waals surface area (Å²) in [6.45, 7) is 3.28. The highest BCUT2D eigenvalue weighted by atomic mass is 16.5. The van der Waals surface area contributed by atoms with E-state index in [4.69, 9.17) is 4.74 Å². The second kappa shape index (κ2) is 4.67. The van der Waals surface area contributed by atoms with Gasteiger partial charge in [-0.15, -0.1) is 0 Å². The summed E-state index contributed by atoms with van der Waals surface area (Å²) in [7, 11) is 0. The van der Waals surface area contributed by atoms with E-state index >= 15 is 0 Å². The maximum atomic E-state index is 11.5. The van der Waals surface area contributed by atoms with Gasteiger partial charge in [-0.2, -0.15) is 0 Å². The maximum absolute atomic E-state index is 11.5. The number of amides is 2. The number of carbonyl (C=O) groups excluding carboxylic acids is 3. The molecule has 1 aliphatic rings. The number of imide groups is 1. The maximum Gasteiger partial charge on any atom is 0.335 e. The summed E-state index contributed by atoms with van der Waals surface area (Å²) in [6.07, 6.45) is 3.40. The highest BCUT2D eigenvalue weighted by Crippen LogP contribution is 2.23. The summed E-state index contributed by atoms with van der Waals surface area (Å²) in [5.74, 6) is -1.21. The minimum Gasteiger partial charge on any atom is -0.423 e. The molecule has 18 heavy (non-hydrogen) atoms. The van der Waals surface area contributed by atoms with Crippen molar-refractivity contribution in [1.82, 2.24) is 0 Å². The fraction of sp³-hybridized carbons (Fsp3) is 0. The van der Waals surface area contributed by atoms with Crippen molar-refractivity contribution in [3.63, 3.8) is 0 Å². The molecule has 0 saturated heterocycles. The SMILES string of the molecule is C=CC(=O)Oc1cccc(N2C(=O)C=CC2=O)c1. The first kappa shape index (κ1) is 11.8. The standard InChI is InChI=1S/C13H9NO4/c1-2-13(17)18-10-5-3-4-9(8-10)14-11(15)6-7-12(14)16/h2-8H,1H2. The molecule has 0 bridgehead atoms. The molecule has 90 valence electrons. The van der Waals surface area contributed by atoms with Gasteiger partial charge in [-0.1, -0.05) is 12.6 Å². The predicted molar refractivity (Wildman–Crippen MR) is 63.9 cm³/mol. The van der Waals surface area contributed by atoms with Gasteiger partial charge in [-0.05, 0) is 12.1 Å². The van der Waals surface area contributed by atoms with Crippen molar-refractivity contribution in [3.05, 3.63) is 49.1 Å². The lowest BCUT2D eigenvalue weighted by Crippen LogP contribution is -2.29. The van der Waals surface area contributed by atoms with Gasteiger partial charge in [-0.3, -0.25) is 9.59 Å². The van der Waals surface area contributed by atoms with Gasteiger partial charge in [0.05, 0.1) is 5.69 Å². The highest BCUT2D eigenvalue weighted by molar-refractivity contribution is 6.28. The Balaban J connectivity index is 2.27. The van der Waals surface area contributed by atoms with Crippen LogP contribution in [0.15, 0.2) is 49.1 Å². The normalized spacial score (nSPS) is 13.9. The Morgan fingerprint density at radius 3 is 2.50 bits per heavy atom. The molecule has 0 saturated carbocycles. The molecule has 1 aliphatic heterocycles. The average molecular weight is 243 g/mol. The quantitative estimate of drug-likeness (QED) is 0.346. The van der Waals surface area contributed by atoms with Crippen LogP contribution < -0.4 is 9.64 Å². The third kappa shape index (κ3) is 2.20. The largest absolute Gasteiger partial charge is 0.423 e. The van der Waals surface area contributed by atoms with E-state index in [2.05, 4.69) is 6.58 Å². The van der Waals surface area contributed by atoms with Gasteiger partial charge in [0.1, 0.15) is 5.75 Å². The molecule has 5 heteroatoms. The van der Waals surface area contributed by atoms with E-state index < -0.39 is 17.8 Å². The molecule has 0 N–H and O–H groups in total. The van der Waals surface area contributed by atoms with E-state index in [0.29, 0.717) is 5.69 Å². The molecule has 0 aromatic heterocycles. The van der Waals surface area contributed by atoms with Crippen molar-refractivity contribution < 1.29 is 19.1 Å². The zero-order chi connectivity index (χ0) is 13.1. The van der Waals surface area contributed by atoms with Crippen molar-refractivity contribution >= 4 is 23.5 Å². The first-order valence-corrected chi connectivity index (χ1v) is 5.12. The second-order valence-electron chi connectivity index (χ2n) is 3.47. The Hall–Kier alpha value is -2.69. The van der Waals surface area contributed by atoms with E-state index in [1.54, 1.807) is 18.2 Å². The van der Waals surface area contributed by atoms with E-state index in [-0.39, 0.29) is 5.75 Å². The molecule has 0 unspecified atom stereocenters. The molecule has 2 rings (SSSR count). The number of hydrogen-bond acceptors (Lipinski definition) is 4. The third-order valence-electron chi connectivity index (χ3n) is 2.27. The zero-order valence-corrected chi connectivity index (χ0v) is 9.33. The van der Waals surface area contributed by atoms with Gasteiger partial charge < -0.3 is 4.74 Å². The van der Waals surface area contributed by atoms with Crippen molar-refractivity contribution in [2.24, 2.45) is 0 Å². The summed E-state index contributed by atoms with van der Waals surface area (Å²) in [6, 6.07) is 6.14. The van der Waals surface area contributed by atoms with Crippen LogP contribution in [0.4, 0.5) is 5.69 Å². The molecule has 0 spiro atoms. The average Bonchev–Trinajstić information content (AvgIpc) is 2.69. The molecule has 0 aliphatic carbocycles. The van der Waals surface area contributed by atoms with Crippen molar-refractivity contribution in [2.45, 2.75) is 0 Å². The molecule has 0 radical (unpaired) electrons. The lowest BCUT2D eigenvalue weighted by Gasteiger charge is -2.14. The van der Waals surface area contributed by atoms with E-state index in [9.17, 15) is 14.4 Å². The molecule has 0 fully saturated rings. The van der Waals surface area contributed by atoms with Gasteiger partial charge in [0, 0.05) is 24.3 Å². The van der Waals surface area contributed by atoms with E-state index in [1.807, 2.05) is 0 Å². The second-order valence-corrected chi connectivity index (χ2v) is 3.47. The summed E-state index contributed by atoms with van der Waals surface area (Å²) >= 11 is 0. The van der Waals surface area contributed by atoms with Crippen LogP contribution in [-0.2, 0) is 14.4 Å². The number of benzene rings is 1. The van der Waals surface area contributed by atoms with Crippen LogP contribution >= 0.6 is 0 Å². The van der Waals surface area contributed by atoms with Crippen molar-refractivity contribution in [1.29, 1.82) is 0 Å². The number of ether oxygens (including phenoxy) is 1. The van der Waals surface area contributed by atoms with E-state index in [1.165, 1.54) is 18.2 Å². The topological polar surface area (TPSA) is 63.7 Å². The molecular weight excluding hydrogens is 234 g/mol. The minimum absolute atomic E-state index is 0.241. The molecule has 5 nitrogen and oxygen atoms in total. The summed E-state index contributed by atoms with van der Waals surface area (Å²) in [5.41, 5.74) is 0.351. The van der Waals surface area contributed by atoms with Crippen LogP contribution in [0.2, 0.25) is 0 Å². The Bertz CT molecular complexity index is 556. The molecule has 1 aromatic carbocycles. The van der Waals surface area contributed by atoms with Gasteiger partial charge in [0.2, 0.25) is 0 Å². The van der Waals surface area contributed by atoms with Gasteiger partial charge >= 0.3 is 5.97 Å². The summed E-state index contributed by atoms with van der Waals surface area (Å²) < 4.78 is 4.91. The number of hydrogen-bond donors (Lipinski definition) is 0. The molecule has 2 amide bonds. The summed E-state index contributed by atoms with van der Waals surface area (Å²) in [5, 5.41) is 0. The van der Waals surface area contributed by atoms with Crippen LogP contribution in [0.5, 0.6) is 5.75 Å². The molecule has 0 atom stereocenters. The molecular formula is C13H9NO4. The number of rotatable bonds is 3. The number of anilines is 1. The lowest BCUT2D eigenvalue weighted by molar-refractivity contribution is -0.129. The van der Waals surface area contributed by atoms with Gasteiger partial charge in [0.15, 0.2) is 0 Å². The first-order chi connectivity index (χ1) is 8.61. The van der Waals surface area contributed by atoms with Gasteiger partial charge in [-0.25, -0.2) is 9.69 Å². The molecule has 1 aromatic rings. The Labute approximate surface area is 103 Å². The monoisotopic (exact) mass is 243 g/mol. The third-order valence-corrected chi connectivity index (χ3v) is 2.27. The zero-order valence-electron chi connectivity index (χ0n) is 9.33. The number of carbonyl (C=O) groups is 3. The van der Waals surface area contributed by atoms with Gasteiger partial charge in [0.25, 0.3) is 11.8 Å². The van der Waals surface area contributed by atoms with Crippen LogP contribution in [0.1, 0.15) is 0 Å². The van der Waals surface area contributed by atoms with Crippen molar-refractivity contribution in [3.8, 4) is 5.75 Å². The fourth-order valence-electron chi connectivity index (χ4n) is 1.50. The smallest absolute Gasteiger partial charge is 0.335 e. The summed E-state index contributed by atoms with van der Waals surface area (Å²) in [4.78, 5) is 35.0. The first-order valence-electron chi connectivity index (χ1n) is 5.12. The van der Waals surface area contributed by atoms with Crippen LogP contribution in [0.25, 0.3) is 0 Å². The number of esters is 1. The Morgan fingerprint density at radius 2 is 1.89 bits per heavy atom. The van der Waals surface area contributed by atoms with Crippen LogP contribution in [-0.4, -0.2) is 17.8 Å². The Morgan fingerprint density at radius 1 is 1.22 bits per heavy atom. The highest BCUT2D eigenvalue weighted by Gasteiger charge is 2.25. The predicted octanol–water partition coefficient (Wildman–Crippen LogP) is 1.21. The van der Waals surface area contributed by atoms with Crippen molar-refractivity contribution in [2.75, 3.05) is 4.90 Å². The number of nitrogens with zero attached hydrogens (tertiary/aromatic N) is 1. The fourth-order valence-corrected chi connectivity index (χ4v) is 1.50.